The lowest BCUT2D eigenvalue weighted by Crippen LogP contribution is -2.26. The van der Waals surface area contributed by atoms with Gasteiger partial charge < -0.3 is 10.2 Å². The number of aliphatic hydroxyl groups excluding tert-OH is 2. The van der Waals surface area contributed by atoms with Gasteiger partial charge in [-0.3, -0.25) is 4.55 Å². The molecule has 0 amide bonds. The van der Waals surface area contributed by atoms with Gasteiger partial charge in [0.25, 0.3) is 10.1 Å². The van der Waals surface area contributed by atoms with E-state index in [0.29, 0.717) is 0 Å². The molecule has 5 nitrogen and oxygen atoms in total. The standard InChI is InChI=1S/C5H12O5S2/c6-3-4(7)5(11)1-2-12(8,9)10/h4-7,11H,1-3H2,(H,8,9,10). The predicted octanol–water partition coefficient (Wildman–Crippen LogP) is -1.08. The van der Waals surface area contributed by atoms with Gasteiger partial charge in [-0.2, -0.15) is 21.0 Å². The SMILES string of the molecule is O=S(=O)(O)CCC(S)C(O)CO. The van der Waals surface area contributed by atoms with Crippen molar-refractivity contribution >= 4 is 22.7 Å². The first-order chi connectivity index (χ1) is 5.37. The average molecular weight is 216 g/mol. The molecular weight excluding hydrogens is 204 g/mol. The number of rotatable bonds is 5. The number of hydrogen-bond donors (Lipinski definition) is 4. The van der Waals surface area contributed by atoms with E-state index in [0.717, 1.165) is 0 Å². The summed E-state index contributed by atoms with van der Waals surface area (Å²) in [4.78, 5) is 0. The normalized spacial score (nSPS) is 17.3. The highest BCUT2D eigenvalue weighted by Crippen LogP contribution is 2.07. The molecule has 0 aliphatic heterocycles. The highest BCUT2D eigenvalue weighted by molar-refractivity contribution is 7.85. The first-order valence-corrected chi connectivity index (χ1v) is 5.41. The third-order valence-corrected chi connectivity index (χ3v) is 2.66. The molecule has 0 aliphatic rings. The van der Waals surface area contributed by atoms with Crippen molar-refractivity contribution in [2.75, 3.05) is 12.4 Å². The van der Waals surface area contributed by atoms with Crippen LogP contribution in [-0.4, -0.2) is 46.9 Å². The Balaban J connectivity index is 3.79. The Labute approximate surface area is 76.6 Å². The maximum atomic E-state index is 10.2. The highest BCUT2D eigenvalue weighted by Gasteiger charge is 2.16. The Morgan fingerprint density at radius 1 is 1.42 bits per heavy atom. The molecule has 0 bridgehead atoms. The van der Waals surface area contributed by atoms with Gasteiger partial charge in [0.15, 0.2) is 0 Å². The average Bonchev–Trinajstić information content (AvgIpc) is 1.97. The number of hydrogen-bond acceptors (Lipinski definition) is 5. The van der Waals surface area contributed by atoms with E-state index in [1.54, 1.807) is 0 Å². The lowest BCUT2D eigenvalue weighted by atomic mass is 10.2. The maximum Gasteiger partial charge on any atom is 0.264 e. The van der Waals surface area contributed by atoms with Gasteiger partial charge in [-0.15, -0.1) is 0 Å². The third-order valence-electron chi connectivity index (χ3n) is 1.30. The fourth-order valence-corrected chi connectivity index (χ4v) is 1.53. The van der Waals surface area contributed by atoms with Gasteiger partial charge in [-0.1, -0.05) is 0 Å². The summed E-state index contributed by atoms with van der Waals surface area (Å²) in [6, 6.07) is 0. The monoisotopic (exact) mass is 216 g/mol. The second-order valence-electron chi connectivity index (χ2n) is 2.39. The third kappa shape index (κ3) is 5.78. The molecule has 0 aromatic heterocycles. The van der Waals surface area contributed by atoms with E-state index in [1.165, 1.54) is 0 Å². The molecule has 12 heavy (non-hydrogen) atoms. The van der Waals surface area contributed by atoms with Gasteiger partial charge in [0.2, 0.25) is 0 Å². The molecule has 74 valence electrons. The Kier molecular flexibility index (Phi) is 5.10. The molecule has 0 aliphatic carbocycles. The van der Waals surface area contributed by atoms with E-state index < -0.39 is 33.8 Å². The zero-order valence-corrected chi connectivity index (χ0v) is 8.00. The smallest absolute Gasteiger partial charge is 0.264 e. The van der Waals surface area contributed by atoms with E-state index in [9.17, 15) is 8.42 Å². The Hall–Kier alpha value is 0.180. The van der Waals surface area contributed by atoms with Crippen molar-refractivity contribution in [3.8, 4) is 0 Å². The summed E-state index contributed by atoms with van der Waals surface area (Å²) < 4.78 is 28.8. The molecule has 0 heterocycles. The van der Waals surface area contributed by atoms with Crippen LogP contribution in [0.2, 0.25) is 0 Å². The number of thiol groups is 1. The maximum absolute atomic E-state index is 10.2. The molecule has 0 rings (SSSR count). The van der Waals surface area contributed by atoms with Crippen LogP contribution in [0.3, 0.4) is 0 Å². The quantitative estimate of drug-likeness (QED) is 0.346. The minimum absolute atomic E-state index is 0.00364. The summed E-state index contributed by atoms with van der Waals surface area (Å²) in [6.07, 6.45) is -1.06. The topological polar surface area (TPSA) is 94.8 Å². The van der Waals surface area contributed by atoms with Crippen LogP contribution in [-0.2, 0) is 10.1 Å². The second-order valence-corrected chi connectivity index (χ2v) is 4.63. The van der Waals surface area contributed by atoms with Gasteiger partial charge in [0.05, 0.1) is 18.5 Å². The van der Waals surface area contributed by atoms with Crippen LogP contribution in [0.5, 0.6) is 0 Å². The van der Waals surface area contributed by atoms with Crippen LogP contribution in [0, 0.1) is 0 Å². The van der Waals surface area contributed by atoms with E-state index in [-0.39, 0.29) is 6.42 Å². The van der Waals surface area contributed by atoms with E-state index in [2.05, 4.69) is 12.6 Å². The van der Waals surface area contributed by atoms with Crippen LogP contribution >= 0.6 is 12.6 Å². The summed E-state index contributed by atoms with van der Waals surface area (Å²) in [5.41, 5.74) is 0. The van der Waals surface area contributed by atoms with Crippen molar-refractivity contribution in [3.05, 3.63) is 0 Å². The van der Waals surface area contributed by atoms with Crippen LogP contribution in [0.1, 0.15) is 6.42 Å². The highest BCUT2D eigenvalue weighted by atomic mass is 32.2. The molecule has 2 atom stereocenters. The first-order valence-electron chi connectivity index (χ1n) is 3.29. The van der Waals surface area contributed by atoms with Crippen molar-refractivity contribution in [1.82, 2.24) is 0 Å². The lowest BCUT2D eigenvalue weighted by Gasteiger charge is -2.14. The molecule has 0 radical (unpaired) electrons. The van der Waals surface area contributed by atoms with Crippen LogP contribution in [0.15, 0.2) is 0 Å². The van der Waals surface area contributed by atoms with Crippen molar-refractivity contribution in [2.24, 2.45) is 0 Å². The molecular formula is C5H12O5S2. The van der Waals surface area contributed by atoms with Crippen LogP contribution in [0.4, 0.5) is 0 Å². The van der Waals surface area contributed by atoms with Gasteiger partial charge >= 0.3 is 0 Å². The van der Waals surface area contributed by atoms with Crippen molar-refractivity contribution < 1.29 is 23.2 Å². The van der Waals surface area contributed by atoms with Gasteiger partial charge in [0.1, 0.15) is 0 Å². The van der Waals surface area contributed by atoms with Gasteiger partial charge in [-0.05, 0) is 6.42 Å². The van der Waals surface area contributed by atoms with Crippen molar-refractivity contribution in [1.29, 1.82) is 0 Å². The van der Waals surface area contributed by atoms with Crippen LogP contribution < -0.4 is 0 Å². The summed E-state index contributed by atoms with van der Waals surface area (Å²) in [7, 11) is -4.00. The molecule has 0 saturated carbocycles. The van der Waals surface area contributed by atoms with Gasteiger partial charge in [-0.25, -0.2) is 0 Å². The second kappa shape index (κ2) is 5.03. The molecule has 0 fully saturated rings. The minimum Gasteiger partial charge on any atom is -0.394 e. The zero-order chi connectivity index (χ0) is 9.78. The lowest BCUT2D eigenvalue weighted by molar-refractivity contribution is 0.0928. The minimum atomic E-state index is -4.00. The molecule has 7 heteroatoms. The predicted molar refractivity (Wildman–Crippen MR) is 46.9 cm³/mol. The van der Waals surface area contributed by atoms with Crippen molar-refractivity contribution in [2.45, 2.75) is 17.8 Å². The van der Waals surface area contributed by atoms with Crippen molar-refractivity contribution in [3.63, 3.8) is 0 Å². The molecule has 0 spiro atoms. The summed E-state index contributed by atoms with van der Waals surface area (Å²) in [5, 5.41) is 16.7. The van der Waals surface area contributed by atoms with E-state index in [1.807, 2.05) is 0 Å². The Morgan fingerprint density at radius 3 is 2.25 bits per heavy atom. The Bertz CT molecular complexity index is 212. The number of aliphatic hydroxyl groups is 2. The molecule has 3 N–H and O–H groups in total. The zero-order valence-electron chi connectivity index (χ0n) is 6.29. The van der Waals surface area contributed by atoms with Crippen LogP contribution in [0.25, 0.3) is 0 Å². The summed E-state index contributed by atoms with van der Waals surface area (Å²) in [5.74, 6) is -0.460. The molecule has 0 aromatic rings. The largest absolute Gasteiger partial charge is 0.394 e. The van der Waals surface area contributed by atoms with Gasteiger partial charge in [0, 0.05) is 5.25 Å². The fraction of sp³-hybridized carbons (Fsp3) is 1.00. The summed E-state index contributed by atoms with van der Waals surface area (Å²) >= 11 is 3.83. The van der Waals surface area contributed by atoms with E-state index in [4.69, 9.17) is 14.8 Å². The molecule has 0 saturated heterocycles. The summed E-state index contributed by atoms with van der Waals surface area (Å²) in [6.45, 7) is -0.473. The Morgan fingerprint density at radius 2 is 1.92 bits per heavy atom. The fourth-order valence-electron chi connectivity index (χ4n) is 0.584. The van der Waals surface area contributed by atoms with E-state index >= 15 is 0 Å². The first kappa shape index (κ1) is 12.2. The molecule has 2 unspecified atom stereocenters. The molecule has 0 aromatic carbocycles.